The Labute approximate surface area is 148 Å². The van der Waals surface area contributed by atoms with E-state index in [0.717, 1.165) is 11.1 Å². The maximum absolute atomic E-state index is 12.8. The van der Waals surface area contributed by atoms with E-state index in [9.17, 15) is 13.2 Å². The lowest BCUT2D eigenvalue weighted by molar-refractivity contribution is 0.0742. The van der Waals surface area contributed by atoms with Crippen LogP contribution < -0.4 is 4.31 Å². The van der Waals surface area contributed by atoms with Gasteiger partial charge in [0.15, 0.2) is 0 Å². The topological polar surface area (TPSA) is 57.7 Å². The second kappa shape index (κ2) is 6.52. The highest BCUT2D eigenvalue weighted by atomic mass is 32.2. The summed E-state index contributed by atoms with van der Waals surface area (Å²) in [4.78, 5) is 14.5. The standard InChI is InChI=1S/C19H22N2O3S/c1-14(15-7-5-4-6-8-15)20(2)19(22)17-9-10-18-16(13-17)11-12-21(18)25(3,23)24/h4-10,13-14H,11-12H2,1-3H3. The largest absolute Gasteiger partial charge is 0.335 e. The van der Waals surface area contributed by atoms with Crippen LogP contribution in [0.25, 0.3) is 0 Å². The number of fused-ring (bicyclic) bond motifs is 1. The molecular formula is C19H22N2O3S. The number of carbonyl (C=O) groups excluding carboxylic acids is 1. The molecule has 0 radical (unpaired) electrons. The summed E-state index contributed by atoms with van der Waals surface area (Å²) in [5.74, 6) is -0.0723. The minimum absolute atomic E-state index is 0.0468. The fourth-order valence-electron chi connectivity index (χ4n) is 3.18. The molecule has 3 rings (SSSR count). The normalized spacial score (nSPS) is 14.9. The molecule has 1 aliphatic heterocycles. The maximum Gasteiger partial charge on any atom is 0.254 e. The number of amides is 1. The van der Waals surface area contributed by atoms with Gasteiger partial charge >= 0.3 is 0 Å². The number of nitrogens with zero attached hydrogens (tertiary/aromatic N) is 2. The predicted molar refractivity (Wildman–Crippen MR) is 99.3 cm³/mol. The zero-order valence-corrected chi connectivity index (χ0v) is 15.5. The third-order valence-corrected chi connectivity index (χ3v) is 5.94. The van der Waals surface area contributed by atoms with Crippen molar-refractivity contribution in [2.75, 3.05) is 24.2 Å². The molecule has 0 saturated heterocycles. The third kappa shape index (κ3) is 3.39. The van der Waals surface area contributed by atoms with Crippen molar-refractivity contribution < 1.29 is 13.2 Å². The molecule has 2 aromatic rings. The summed E-state index contributed by atoms with van der Waals surface area (Å²) in [6.45, 7) is 2.42. The average molecular weight is 358 g/mol. The highest BCUT2D eigenvalue weighted by Crippen LogP contribution is 2.31. The zero-order chi connectivity index (χ0) is 18.2. The van der Waals surface area contributed by atoms with Crippen LogP contribution in [0, 0.1) is 0 Å². The number of rotatable bonds is 4. The summed E-state index contributed by atoms with van der Waals surface area (Å²) in [5, 5.41) is 0. The highest BCUT2D eigenvalue weighted by Gasteiger charge is 2.27. The second-order valence-corrected chi connectivity index (χ2v) is 8.34. The number of hydrogen-bond donors (Lipinski definition) is 0. The van der Waals surface area contributed by atoms with Crippen molar-refractivity contribution in [3.8, 4) is 0 Å². The molecule has 0 N–H and O–H groups in total. The van der Waals surface area contributed by atoms with Gasteiger partial charge in [0, 0.05) is 19.2 Å². The molecule has 132 valence electrons. The Hall–Kier alpha value is -2.34. The van der Waals surface area contributed by atoms with Crippen LogP contribution in [0.4, 0.5) is 5.69 Å². The van der Waals surface area contributed by atoms with Gasteiger partial charge in [0.1, 0.15) is 0 Å². The van der Waals surface area contributed by atoms with Gasteiger partial charge in [0.25, 0.3) is 5.91 Å². The van der Waals surface area contributed by atoms with Crippen molar-refractivity contribution in [2.24, 2.45) is 0 Å². The molecule has 0 saturated carbocycles. The third-order valence-electron chi connectivity index (χ3n) is 4.76. The molecule has 1 amide bonds. The van der Waals surface area contributed by atoms with E-state index in [1.54, 1.807) is 24.1 Å². The molecule has 2 aromatic carbocycles. The first-order valence-corrected chi connectivity index (χ1v) is 10.1. The molecule has 0 spiro atoms. The summed E-state index contributed by atoms with van der Waals surface area (Å²) < 4.78 is 25.0. The van der Waals surface area contributed by atoms with Crippen LogP contribution in [-0.2, 0) is 16.4 Å². The molecular weight excluding hydrogens is 336 g/mol. The van der Waals surface area contributed by atoms with Gasteiger partial charge in [0.05, 0.1) is 18.0 Å². The molecule has 1 heterocycles. The van der Waals surface area contributed by atoms with Gasteiger partial charge in [-0.2, -0.15) is 0 Å². The SMILES string of the molecule is CC(c1ccccc1)N(C)C(=O)c1ccc2c(c1)CCN2S(C)(=O)=O. The lowest BCUT2D eigenvalue weighted by Crippen LogP contribution is -2.30. The predicted octanol–water partition coefficient (Wildman–Crippen LogP) is 2.84. The summed E-state index contributed by atoms with van der Waals surface area (Å²) in [6.07, 6.45) is 1.83. The number of anilines is 1. The summed E-state index contributed by atoms with van der Waals surface area (Å²) >= 11 is 0. The van der Waals surface area contributed by atoms with Gasteiger partial charge in [-0.15, -0.1) is 0 Å². The smallest absolute Gasteiger partial charge is 0.254 e. The Morgan fingerprint density at radius 1 is 1.16 bits per heavy atom. The van der Waals surface area contributed by atoms with Crippen LogP contribution in [0.15, 0.2) is 48.5 Å². The summed E-state index contributed by atoms with van der Waals surface area (Å²) in [7, 11) is -1.49. The molecule has 0 aromatic heterocycles. The first-order chi connectivity index (χ1) is 11.8. The van der Waals surface area contributed by atoms with Crippen molar-refractivity contribution in [3.05, 3.63) is 65.2 Å². The van der Waals surface area contributed by atoms with Crippen molar-refractivity contribution in [1.82, 2.24) is 4.90 Å². The minimum atomic E-state index is -3.28. The summed E-state index contributed by atoms with van der Waals surface area (Å²) in [5.41, 5.74) is 3.23. The van der Waals surface area contributed by atoms with E-state index >= 15 is 0 Å². The fraction of sp³-hybridized carbons (Fsp3) is 0.316. The van der Waals surface area contributed by atoms with E-state index in [2.05, 4.69) is 0 Å². The van der Waals surface area contributed by atoms with Gasteiger partial charge < -0.3 is 4.90 Å². The first-order valence-electron chi connectivity index (χ1n) is 8.22. The molecule has 1 unspecified atom stereocenters. The van der Waals surface area contributed by atoms with E-state index in [1.165, 1.54) is 10.6 Å². The van der Waals surface area contributed by atoms with E-state index in [0.29, 0.717) is 24.2 Å². The van der Waals surface area contributed by atoms with Crippen molar-refractivity contribution >= 4 is 21.6 Å². The molecule has 0 aliphatic carbocycles. The van der Waals surface area contributed by atoms with Crippen LogP contribution in [0.3, 0.4) is 0 Å². The van der Waals surface area contributed by atoms with Gasteiger partial charge in [-0.1, -0.05) is 30.3 Å². The van der Waals surface area contributed by atoms with Gasteiger partial charge in [-0.05, 0) is 42.7 Å². The van der Waals surface area contributed by atoms with E-state index in [4.69, 9.17) is 0 Å². The maximum atomic E-state index is 12.8. The van der Waals surface area contributed by atoms with Crippen LogP contribution in [-0.4, -0.2) is 39.1 Å². The molecule has 0 bridgehead atoms. The van der Waals surface area contributed by atoms with Crippen molar-refractivity contribution in [1.29, 1.82) is 0 Å². The zero-order valence-electron chi connectivity index (χ0n) is 14.6. The Kier molecular flexibility index (Phi) is 4.56. The Balaban J connectivity index is 1.84. The van der Waals surface area contributed by atoms with E-state index < -0.39 is 10.0 Å². The molecule has 1 atom stereocenters. The van der Waals surface area contributed by atoms with E-state index in [1.807, 2.05) is 43.3 Å². The Morgan fingerprint density at radius 3 is 2.48 bits per heavy atom. The molecule has 0 fully saturated rings. The van der Waals surface area contributed by atoms with Crippen LogP contribution in [0.5, 0.6) is 0 Å². The van der Waals surface area contributed by atoms with Gasteiger partial charge in [-0.3, -0.25) is 9.10 Å². The van der Waals surface area contributed by atoms with Crippen LogP contribution in [0.2, 0.25) is 0 Å². The number of benzene rings is 2. The monoisotopic (exact) mass is 358 g/mol. The number of sulfonamides is 1. The molecule has 5 nitrogen and oxygen atoms in total. The first kappa shape index (κ1) is 17.5. The number of hydrogen-bond acceptors (Lipinski definition) is 3. The lowest BCUT2D eigenvalue weighted by atomic mass is 10.0. The van der Waals surface area contributed by atoms with Gasteiger partial charge in [-0.25, -0.2) is 8.42 Å². The van der Waals surface area contributed by atoms with Gasteiger partial charge in [0.2, 0.25) is 10.0 Å². The quantitative estimate of drug-likeness (QED) is 0.844. The molecule has 1 aliphatic rings. The molecule has 25 heavy (non-hydrogen) atoms. The van der Waals surface area contributed by atoms with Crippen molar-refractivity contribution in [2.45, 2.75) is 19.4 Å². The Morgan fingerprint density at radius 2 is 1.84 bits per heavy atom. The van der Waals surface area contributed by atoms with Crippen molar-refractivity contribution in [3.63, 3.8) is 0 Å². The second-order valence-electron chi connectivity index (χ2n) is 6.43. The van der Waals surface area contributed by atoms with E-state index in [-0.39, 0.29) is 11.9 Å². The minimum Gasteiger partial charge on any atom is -0.335 e. The summed E-state index contributed by atoms with van der Waals surface area (Å²) in [6, 6.07) is 15.1. The highest BCUT2D eigenvalue weighted by molar-refractivity contribution is 7.92. The molecule has 6 heteroatoms. The lowest BCUT2D eigenvalue weighted by Gasteiger charge is -2.26. The average Bonchev–Trinajstić information content (AvgIpc) is 3.04. The Bertz CT molecular complexity index is 894. The number of carbonyl (C=O) groups is 1. The van der Waals surface area contributed by atoms with Crippen LogP contribution in [0.1, 0.15) is 34.5 Å². The fourth-order valence-corrected chi connectivity index (χ4v) is 4.14. The van der Waals surface area contributed by atoms with Crippen LogP contribution >= 0.6 is 0 Å².